The van der Waals surface area contributed by atoms with Crippen LogP contribution in [0.4, 0.5) is 21.0 Å². The minimum Gasteiger partial charge on any atom is -0.459 e. The number of esters is 1. The van der Waals surface area contributed by atoms with Crippen molar-refractivity contribution < 1.29 is 19.1 Å². The highest BCUT2D eigenvalue weighted by Gasteiger charge is 2.35. The Morgan fingerprint density at radius 2 is 1.69 bits per heavy atom. The molecule has 1 heterocycles. The van der Waals surface area contributed by atoms with Crippen molar-refractivity contribution in [2.75, 3.05) is 17.7 Å². The minimum absolute atomic E-state index is 0.301. The van der Waals surface area contributed by atoms with Crippen LogP contribution in [0.15, 0.2) is 59.8 Å². The molecule has 0 bridgehead atoms. The Kier molecular flexibility index (Phi) is 6.82. The molecule has 4 amide bonds. The smallest absolute Gasteiger partial charge is 0.338 e. The molecule has 32 heavy (non-hydrogen) atoms. The van der Waals surface area contributed by atoms with Crippen molar-refractivity contribution in [2.24, 2.45) is 0 Å². The van der Waals surface area contributed by atoms with E-state index in [1.807, 2.05) is 31.2 Å². The lowest BCUT2D eigenvalue weighted by Crippen LogP contribution is -2.46. The number of nitrogens with one attached hydrogen (secondary N) is 3. The maximum Gasteiger partial charge on any atom is 0.338 e. The molecular weight excluding hydrogens is 408 g/mol. The first-order valence-electron chi connectivity index (χ1n) is 10.4. The Balaban J connectivity index is 1.84. The second kappa shape index (κ2) is 9.55. The van der Waals surface area contributed by atoms with Crippen LogP contribution in [0.5, 0.6) is 0 Å². The second-order valence-corrected chi connectivity index (χ2v) is 7.97. The van der Waals surface area contributed by atoms with Crippen molar-refractivity contribution in [3.63, 3.8) is 0 Å². The number of anilines is 2. The van der Waals surface area contributed by atoms with Gasteiger partial charge in [-0.05, 0) is 57.5 Å². The van der Waals surface area contributed by atoms with Crippen molar-refractivity contribution >= 4 is 29.4 Å². The number of rotatable bonds is 5. The summed E-state index contributed by atoms with van der Waals surface area (Å²) in [5, 5.41) is 8.40. The van der Waals surface area contributed by atoms with Crippen LogP contribution in [-0.2, 0) is 9.53 Å². The van der Waals surface area contributed by atoms with Gasteiger partial charge in [0, 0.05) is 24.1 Å². The molecule has 1 unspecified atom stereocenters. The molecule has 8 nitrogen and oxygen atoms in total. The molecule has 1 aliphatic heterocycles. The van der Waals surface area contributed by atoms with E-state index < -0.39 is 18.0 Å². The lowest BCUT2D eigenvalue weighted by molar-refractivity contribution is -0.143. The molecule has 0 aliphatic carbocycles. The molecule has 2 aromatic carbocycles. The van der Waals surface area contributed by atoms with Gasteiger partial charge in [-0.15, -0.1) is 0 Å². The molecule has 1 atom stereocenters. The zero-order chi connectivity index (χ0) is 23.4. The average Bonchev–Trinajstić information content (AvgIpc) is 2.73. The maximum absolute atomic E-state index is 12.8. The number of benzene rings is 2. The number of amides is 4. The maximum atomic E-state index is 12.8. The lowest BCUT2D eigenvalue weighted by Gasteiger charge is -2.33. The summed E-state index contributed by atoms with van der Waals surface area (Å²) < 4.78 is 5.41. The summed E-state index contributed by atoms with van der Waals surface area (Å²) in [4.78, 5) is 39.0. The predicted molar refractivity (Wildman–Crippen MR) is 123 cm³/mol. The molecule has 0 saturated carbocycles. The van der Waals surface area contributed by atoms with Crippen LogP contribution in [0.25, 0.3) is 0 Å². The van der Waals surface area contributed by atoms with Crippen molar-refractivity contribution in [3.05, 3.63) is 70.9 Å². The van der Waals surface area contributed by atoms with Crippen LogP contribution in [0.1, 0.15) is 37.9 Å². The van der Waals surface area contributed by atoms with Gasteiger partial charge in [-0.2, -0.15) is 0 Å². The summed E-state index contributed by atoms with van der Waals surface area (Å²) in [6.45, 7) is 7.22. The van der Waals surface area contributed by atoms with E-state index in [4.69, 9.17) is 4.74 Å². The molecule has 0 aromatic heterocycles. The van der Waals surface area contributed by atoms with Gasteiger partial charge in [-0.1, -0.05) is 29.8 Å². The van der Waals surface area contributed by atoms with Crippen LogP contribution < -0.4 is 16.0 Å². The first-order valence-corrected chi connectivity index (χ1v) is 10.4. The predicted octanol–water partition coefficient (Wildman–Crippen LogP) is 4.56. The van der Waals surface area contributed by atoms with Crippen LogP contribution in [0.3, 0.4) is 0 Å². The molecule has 2 aromatic rings. The molecular formula is C24H28N4O4. The van der Waals surface area contributed by atoms with Crippen LogP contribution in [0, 0.1) is 6.92 Å². The summed E-state index contributed by atoms with van der Waals surface area (Å²) >= 11 is 0. The Labute approximate surface area is 187 Å². The fraction of sp³-hybridized carbons (Fsp3) is 0.292. The highest BCUT2D eigenvalue weighted by molar-refractivity contribution is 6.00. The largest absolute Gasteiger partial charge is 0.459 e. The number of hydrogen-bond acceptors (Lipinski definition) is 4. The number of ether oxygens (including phenoxy) is 1. The zero-order valence-corrected chi connectivity index (χ0v) is 18.9. The van der Waals surface area contributed by atoms with Crippen molar-refractivity contribution in [1.29, 1.82) is 0 Å². The zero-order valence-electron chi connectivity index (χ0n) is 18.9. The standard InChI is InChI=1S/C24H28N4O4/c1-14(2)32-22(29)20-16(4)28(5)24(31)27-21(20)17-7-6-8-19(13-17)26-23(30)25-18-11-9-15(3)10-12-18/h6-14,21H,1-5H3,(H,27,31)(H2,25,26,30). The van der Waals surface area contributed by atoms with E-state index in [-0.39, 0.29) is 12.1 Å². The van der Waals surface area contributed by atoms with Crippen LogP contribution >= 0.6 is 0 Å². The fourth-order valence-corrected chi connectivity index (χ4v) is 3.35. The molecule has 1 aliphatic rings. The van der Waals surface area contributed by atoms with Crippen LogP contribution in [0.2, 0.25) is 0 Å². The van der Waals surface area contributed by atoms with Crippen molar-refractivity contribution in [3.8, 4) is 0 Å². The number of hydrogen-bond donors (Lipinski definition) is 3. The molecule has 168 valence electrons. The van der Waals surface area contributed by atoms with E-state index in [1.165, 1.54) is 4.90 Å². The number of carbonyl (C=O) groups is 3. The quantitative estimate of drug-likeness (QED) is 0.598. The highest BCUT2D eigenvalue weighted by Crippen LogP contribution is 2.32. The van der Waals surface area contributed by atoms with E-state index in [9.17, 15) is 14.4 Å². The van der Waals surface area contributed by atoms with Gasteiger partial charge in [0.15, 0.2) is 0 Å². The van der Waals surface area contributed by atoms with Crippen molar-refractivity contribution in [2.45, 2.75) is 39.8 Å². The van der Waals surface area contributed by atoms with Gasteiger partial charge in [0.05, 0.1) is 17.7 Å². The first kappa shape index (κ1) is 22.9. The third kappa shape index (κ3) is 5.26. The molecule has 0 radical (unpaired) electrons. The fourth-order valence-electron chi connectivity index (χ4n) is 3.35. The minimum atomic E-state index is -0.702. The highest BCUT2D eigenvalue weighted by atomic mass is 16.5. The Morgan fingerprint density at radius 3 is 2.34 bits per heavy atom. The number of carbonyl (C=O) groups excluding carboxylic acids is 3. The molecule has 3 rings (SSSR count). The number of aryl methyl sites for hydroxylation is 1. The summed E-state index contributed by atoms with van der Waals surface area (Å²) in [6.07, 6.45) is -0.301. The number of allylic oxidation sites excluding steroid dienone is 1. The van der Waals surface area contributed by atoms with E-state index in [2.05, 4.69) is 16.0 Å². The van der Waals surface area contributed by atoms with Gasteiger partial charge in [0.1, 0.15) is 0 Å². The van der Waals surface area contributed by atoms with Gasteiger partial charge >= 0.3 is 18.0 Å². The summed E-state index contributed by atoms with van der Waals surface area (Å²) in [5.74, 6) is -0.496. The Morgan fingerprint density at radius 1 is 1.03 bits per heavy atom. The SMILES string of the molecule is CC1=C(C(=O)OC(C)C)C(c2cccc(NC(=O)Nc3ccc(C)cc3)c2)NC(=O)N1C. The summed E-state index contributed by atoms with van der Waals surface area (Å²) in [6, 6.07) is 13.0. The summed E-state index contributed by atoms with van der Waals surface area (Å²) in [7, 11) is 1.59. The van der Waals surface area contributed by atoms with Gasteiger partial charge in [-0.3, -0.25) is 0 Å². The number of urea groups is 2. The molecule has 0 fully saturated rings. The van der Waals surface area contributed by atoms with E-state index >= 15 is 0 Å². The Hall–Kier alpha value is -3.81. The first-order chi connectivity index (χ1) is 15.2. The Bertz CT molecular complexity index is 1060. The molecule has 0 saturated heterocycles. The average molecular weight is 437 g/mol. The van der Waals surface area contributed by atoms with Crippen LogP contribution in [-0.4, -0.2) is 36.1 Å². The summed E-state index contributed by atoms with van der Waals surface area (Å²) in [5.41, 5.74) is 3.80. The second-order valence-electron chi connectivity index (χ2n) is 7.97. The topological polar surface area (TPSA) is 99.8 Å². The third-order valence-electron chi connectivity index (χ3n) is 5.10. The van der Waals surface area contributed by atoms with Gasteiger partial charge in [0.25, 0.3) is 0 Å². The van der Waals surface area contributed by atoms with Gasteiger partial charge in [0.2, 0.25) is 0 Å². The van der Waals surface area contributed by atoms with E-state index in [0.29, 0.717) is 28.2 Å². The molecule has 8 heteroatoms. The normalized spacial score (nSPS) is 16.0. The number of nitrogens with zero attached hydrogens (tertiary/aromatic N) is 1. The lowest BCUT2D eigenvalue weighted by atomic mass is 9.94. The molecule has 3 N–H and O–H groups in total. The molecule has 0 spiro atoms. The van der Waals surface area contributed by atoms with E-state index in [1.54, 1.807) is 52.1 Å². The van der Waals surface area contributed by atoms with Gasteiger partial charge < -0.3 is 25.6 Å². The van der Waals surface area contributed by atoms with E-state index in [0.717, 1.165) is 5.56 Å². The monoisotopic (exact) mass is 436 g/mol. The van der Waals surface area contributed by atoms with Gasteiger partial charge in [-0.25, -0.2) is 14.4 Å². The van der Waals surface area contributed by atoms with Crippen molar-refractivity contribution in [1.82, 2.24) is 10.2 Å². The third-order valence-corrected chi connectivity index (χ3v) is 5.10.